The van der Waals surface area contributed by atoms with E-state index in [1.807, 2.05) is 13.8 Å². The number of hydrogen-bond donors (Lipinski definition) is 1. The molecule has 0 spiro atoms. The van der Waals surface area contributed by atoms with Gasteiger partial charge >= 0.3 is 0 Å². The first-order chi connectivity index (χ1) is 18.6. The van der Waals surface area contributed by atoms with Crippen LogP contribution in [0.15, 0.2) is 48.5 Å². The molecule has 3 rings (SSSR count). The Kier molecular flexibility index (Phi) is 11.2. The summed E-state index contributed by atoms with van der Waals surface area (Å²) >= 11 is 0. The number of nitrogens with one attached hydrogen (secondary N) is 1. The molecule has 1 N–H and O–H groups in total. The predicted octanol–water partition coefficient (Wildman–Crippen LogP) is 4.64. The normalized spacial score (nSPS) is 14.6. The number of carbonyl (C=O) groups excluding carboxylic acids is 2. The largest absolute Gasteiger partial charge is 0.492 e. The van der Waals surface area contributed by atoms with Crippen LogP contribution in [0.1, 0.15) is 64.4 Å². The third-order valence-electron chi connectivity index (χ3n) is 6.94. The minimum absolute atomic E-state index is 0.0389. The van der Waals surface area contributed by atoms with Crippen LogP contribution in [0, 0.1) is 5.82 Å². The molecule has 0 bridgehead atoms. The maximum atomic E-state index is 13.6. The van der Waals surface area contributed by atoms with Crippen molar-refractivity contribution in [1.29, 1.82) is 0 Å². The third-order valence-corrected chi connectivity index (χ3v) is 8.12. The van der Waals surface area contributed by atoms with Crippen LogP contribution in [0.2, 0.25) is 0 Å². The zero-order valence-electron chi connectivity index (χ0n) is 23.1. The maximum absolute atomic E-state index is 13.6. The quantitative estimate of drug-likeness (QED) is 0.363. The number of halogens is 1. The van der Waals surface area contributed by atoms with Gasteiger partial charge < -0.3 is 15.0 Å². The van der Waals surface area contributed by atoms with Crippen molar-refractivity contribution in [3.63, 3.8) is 0 Å². The van der Waals surface area contributed by atoms with Crippen molar-refractivity contribution in [3.8, 4) is 5.75 Å². The van der Waals surface area contributed by atoms with E-state index in [4.69, 9.17) is 4.74 Å². The van der Waals surface area contributed by atoms with Gasteiger partial charge in [0.15, 0.2) is 0 Å². The number of benzene rings is 2. The van der Waals surface area contributed by atoms with Crippen molar-refractivity contribution in [1.82, 2.24) is 10.2 Å². The second-order valence-electron chi connectivity index (χ2n) is 9.90. The highest BCUT2D eigenvalue weighted by Crippen LogP contribution is 2.30. The molecule has 0 unspecified atom stereocenters. The Balaban J connectivity index is 1.77. The number of amides is 2. The summed E-state index contributed by atoms with van der Waals surface area (Å²) in [4.78, 5) is 28.4. The molecule has 2 amide bonds. The molecule has 2 aromatic rings. The molecule has 214 valence electrons. The Morgan fingerprint density at radius 2 is 1.74 bits per heavy atom. The Labute approximate surface area is 231 Å². The molecule has 1 aliphatic carbocycles. The van der Waals surface area contributed by atoms with E-state index in [0.717, 1.165) is 31.9 Å². The summed E-state index contributed by atoms with van der Waals surface area (Å²) < 4.78 is 45.7. The van der Waals surface area contributed by atoms with Crippen molar-refractivity contribution in [3.05, 3.63) is 59.9 Å². The fourth-order valence-electron chi connectivity index (χ4n) is 5.00. The van der Waals surface area contributed by atoms with Crippen LogP contribution in [-0.2, 0) is 26.2 Å². The molecule has 1 saturated carbocycles. The van der Waals surface area contributed by atoms with Gasteiger partial charge in [0, 0.05) is 25.6 Å². The van der Waals surface area contributed by atoms with Gasteiger partial charge in [-0.3, -0.25) is 13.9 Å². The zero-order chi connectivity index (χ0) is 28.4. The van der Waals surface area contributed by atoms with E-state index in [1.165, 1.54) is 21.3 Å². The highest BCUT2D eigenvalue weighted by Gasteiger charge is 2.31. The first kappa shape index (κ1) is 30.4. The predicted molar refractivity (Wildman–Crippen MR) is 150 cm³/mol. The van der Waals surface area contributed by atoms with Crippen LogP contribution >= 0.6 is 0 Å². The van der Waals surface area contributed by atoms with Gasteiger partial charge in [0.1, 0.15) is 17.6 Å². The molecule has 0 radical (unpaired) electrons. The smallest absolute Gasteiger partial charge is 0.243 e. The molecule has 10 heteroatoms. The number of ether oxygens (including phenoxy) is 1. The van der Waals surface area contributed by atoms with Crippen LogP contribution in [-0.4, -0.2) is 56.6 Å². The van der Waals surface area contributed by atoms with Crippen molar-refractivity contribution < 1.29 is 27.1 Å². The second-order valence-corrected chi connectivity index (χ2v) is 11.8. The van der Waals surface area contributed by atoms with Crippen LogP contribution in [0.5, 0.6) is 5.75 Å². The molecule has 0 aliphatic heterocycles. The number of nitrogens with zero attached hydrogens (tertiary/aromatic N) is 2. The lowest BCUT2D eigenvalue weighted by Crippen LogP contribution is -2.51. The molecule has 1 aliphatic rings. The molecule has 39 heavy (non-hydrogen) atoms. The van der Waals surface area contributed by atoms with Crippen molar-refractivity contribution >= 4 is 27.5 Å². The molecule has 8 nitrogen and oxygen atoms in total. The molecule has 2 aromatic carbocycles. The topological polar surface area (TPSA) is 96.0 Å². The number of rotatable bonds is 14. The van der Waals surface area contributed by atoms with Gasteiger partial charge in [-0.25, -0.2) is 12.8 Å². The molecule has 0 aromatic heterocycles. The van der Waals surface area contributed by atoms with E-state index in [-0.39, 0.29) is 49.6 Å². The van der Waals surface area contributed by atoms with E-state index < -0.39 is 16.1 Å². The summed E-state index contributed by atoms with van der Waals surface area (Å²) in [5.74, 6) is -0.386. The first-order valence-electron chi connectivity index (χ1n) is 13.7. The van der Waals surface area contributed by atoms with E-state index >= 15 is 0 Å². The van der Waals surface area contributed by atoms with Crippen molar-refractivity contribution in [2.75, 3.05) is 23.7 Å². The van der Waals surface area contributed by atoms with Crippen LogP contribution in [0.4, 0.5) is 10.1 Å². The number of sulfonamides is 1. The van der Waals surface area contributed by atoms with Crippen molar-refractivity contribution in [2.45, 2.75) is 77.4 Å². The van der Waals surface area contributed by atoms with E-state index in [0.29, 0.717) is 30.0 Å². The van der Waals surface area contributed by atoms with Gasteiger partial charge in [0.2, 0.25) is 21.8 Å². The number of hydrogen-bond acceptors (Lipinski definition) is 5. The average molecular weight is 562 g/mol. The summed E-state index contributed by atoms with van der Waals surface area (Å²) in [6, 6.07) is 12.2. The fourth-order valence-corrected chi connectivity index (χ4v) is 5.97. The highest BCUT2D eigenvalue weighted by molar-refractivity contribution is 7.92. The standard InChI is InChI=1S/C29H40FN3O5S/c1-4-25(29(35)31-24-11-6-7-12-24)32(21-22-16-18-23(30)19-17-22)28(34)15-10-20-33(39(3,36)37)26-13-8-9-14-27(26)38-5-2/h8-9,13-14,16-19,24-25H,4-7,10-12,15,20-21H2,1-3H3,(H,31,35)/t25-/m1/s1. The lowest BCUT2D eigenvalue weighted by molar-refractivity contribution is -0.141. The monoisotopic (exact) mass is 561 g/mol. The second kappa shape index (κ2) is 14.3. The Morgan fingerprint density at radius 3 is 2.36 bits per heavy atom. The summed E-state index contributed by atoms with van der Waals surface area (Å²) in [6.45, 7) is 4.29. The van der Waals surface area contributed by atoms with E-state index in [9.17, 15) is 22.4 Å². The molecule has 0 heterocycles. The molecular weight excluding hydrogens is 521 g/mol. The lowest BCUT2D eigenvalue weighted by atomic mass is 10.1. The van der Waals surface area contributed by atoms with Crippen molar-refractivity contribution in [2.24, 2.45) is 0 Å². The summed E-state index contributed by atoms with van der Waals surface area (Å²) in [5.41, 5.74) is 1.13. The average Bonchev–Trinajstić information content (AvgIpc) is 3.40. The zero-order valence-corrected chi connectivity index (χ0v) is 23.9. The van der Waals surface area contributed by atoms with Crippen LogP contribution in [0.25, 0.3) is 0 Å². The third kappa shape index (κ3) is 8.68. The summed E-state index contributed by atoms with van der Waals surface area (Å²) in [7, 11) is -3.65. The van der Waals surface area contributed by atoms with Gasteiger partial charge in [-0.15, -0.1) is 0 Å². The number of anilines is 1. The Hall–Kier alpha value is -3.14. The highest BCUT2D eigenvalue weighted by atomic mass is 32.2. The number of carbonyl (C=O) groups is 2. The Bertz CT molecular complexity index is 1200. The SMILES string of the molecule is CCOc1ccccc1N(CCCC(=O)N(Cc1ccc(F)cc1)[C@H](CC)C(=O)NC1CCCC1)S(C)(=O)=O. The molecule has 1 atom stereocenters. The maximum Gasteiger partial charge on any atom is 0.243 e. The van der Waals surface area contributed by atoms with Gasteiger partial charge in [0.05, 0.1) is 18.6 Å². The Morgan fingerprint density at radius 1 is 1.08 bits per heavy atom. The lowest BCUT2D eigenvalue weighted by Gasteiger charge is -2.32. The summed E-state index contributed by atoms with van der Waals surface area (Å²) in [5, 5.41) is 3.10. The van der Waals surface area contributed by atoms with Gasteiger partial charge in [-0.05, 0) is 62.4 Å². The van der Waals surface area contributed by atoms with Gasteiger partial charge in [-0.2, -0.15) is 0 Å². The van der Waals surface area contributed by atoms with E-state index in [2.05, 4.69) is 5.32 Å². The van der Waals surface area contributed by atoms with E-state index in [1.54, 1.807) is 36.4 Å². The minimum atomic E-state index is -3.65. The number of para-hydroxylation sites is 2. The minimum Gasteiger partial charge on any atom is -0.492 e. The molecule has 0 saturated heterocycles. The fraction of sp³-hybridized carbons (Fsp3) is 0.517. The van der Waals surface area contributed by atoms with Crippen LogP contribution in [0.3, 0.4) is 0 Å². The van der Waals surface area contributed by atoms with Gasteiger partial charge in [-0.1, -0.05) is 44.0 Å². The summed E-state index contributed by atoms with van der Waals surface area (Å²) in [6.07, 6.45) is 5.83. The van der Waals surface area contributed by atoms with Crippen LogP contribution < -0.4 is 14.4 Å². The molecular formula is C29H40FN3O5S. The molecule has 1 fully saturated rings. The van der Waals surface area contributed by atoms with Gasteiger partial charge in [0.25, 0.3) is 0 Å². The first-order valence-corrected chi connectivity index (χ1v) is 15.5.